The number of rotatable bonds is 5. The molecule has 0 aliphatic heterocycles. The molecule has 0 aliphatic rings. The molecule has 0 unspecified atom stereocenters. The van der Waals surface area contributed by atoms with Crippen molar-refractivity contribution in [3.63, 3.8) is 0 Å². The Hall–Kier alpha value is -1.29. The van der Waals surface area contributed by atoms with Crippen LogP contribution >= 0.6 is 11.6 Å². The van der Waals surface area contributed by atoms with Gasteiger partial charge in [-0.15, -0.1) is 0 Å². The second kappa shape index (κ2) is 5.70. The molecular weight excluding hydrogens is 228 g/mol. The monoisotopic (exact) mass is 242 g/mol. The molecular formula is C11H15ClN2O2. The Morgan fingerprint density at radius 1 is 1.44 bits per heavy atom. The van der Waals surface area contributed by atoms with Crippen LogP contribution in [-0.4, -0.2) is 18.0 Å². The predicted octanol–water partition coefficient (Wildman–Crippen LogP) is 3.48. The molecule has 0 spiro atoms. The molecule has 0 heterocycles. The van der Waals surface area contributed by atoms with Crippen LogP contribution < -0.4 is 4.90 Å². The van der Waals surface area contributed by atoms with Gasteiger partial charge in [-0.05, 0) is 25.5 Å². The van der Waals surface area contributed by atoms with Gasteiger partial charge in [0.15, 0.2) is 0 Å². The Labute approximate surface area is 100.0 Å². The van der Waals surface area contributed by atoms with E-state index >= 15 is 0 Å². The van der Waals surface area contributed by atoms with Crippen molar-refractivity contribution >= 4 is 23.0 Å². The second-order valence-electron chi connectivity index (χ2n) is 3.44. The molecule has 0 aliphatic carbocycles. The van der Waals surface area contributed by atoms with Gasteiger partial charge in [-0.25, -0.2) is 0 Å². The molecule has 0 atom stereocenters. The molecule has 0 radical (unpaired) electrons. The van der Waals surface area contributed by atoms with E-state index in [1.165, 1.54) is 0 Å². The minimum atomic E-state index is -0.421. The number of nitro benzene ring substituents is 1. The van der Waals surface area contributed by atoms with E-state index < -0.39 is 4.92 Å². The number of halogens is 1. The SMILES string of the molecule is CCCN(CC)c1cccc(Cl)c1[N+](=O)[O-]. The summed E-state index contributed by atoms with van der Waals surface area (Å²) in [5.41, 5.74) is 0.598. The molecule has 5 heteroatoms. The molecule has 1 aromatic carbocycles. The summed E-state index contributed by atoms with van der Waals surface area (Å²) in [6, 6.07) is 5.02. The molecule has 0 amide bonds. The largest absolute Gasteiger partial charge is 0.366 e. The highest BCUT2D eigenvalue weighted by Crippen LogP contribution is 2.34. The number of para-hydroxylation sites is 1. The third kappa shape index (κ3) is 2.64. The van der Waals surface area contributed by atoms with Gasteiger partial charge in [0.2, 0.25) is 0 Å². The number of anilines is 1. The van der Waals surface area contributed by atoms with E-state index in [9.17, 15) is 10.1 Å². The second-order valence-corrected chi connectivity index (χ2v) is 3.85. The average molecular weight is 243 g/mol. The normalized spacial score (nSPS) is 10.2. The van der Waals surface area contributed by atoms with Gasteiger partial charge in [0.1, 0.15) is 10.7 Å². The predicted molar refractivity (Wildman–Crippen MR) is 66.3 cm³/mol. The summed E-state index contributed by atoms with van der Waals surface area (Å²) < 4.78 is 0. The average Bonchev–Trinajstić information content (AvgIpc) is 2.25. The van der Waals surface area contributed by atoms with E-state index in [0.717, 1.165) is 19.5 Å². The van der Waals surface area contributed by atoms with E-state index in [1.807, 2.05) is 18.7 Å². The van der Waals surface area contributed by atoms with Crippen LogP contribution in [0.15, 0.2) is 18.2 Å². The minimum absolute atomic E-state index is 0.000494. The van der Waals surface area contributed by atoms with Gasteiger partial charge >= 0.3 is 5.69 Å². The Balaban J connectivity index is 3.20. The zero-order valence-corrected chi connectivity index (χ0v) is 10.2. The highest BCUT2D eigenvalue weighted by atomic mass is 35.5. The lowest BCUT2D eigenvalue weighted by Gasteiger charge is -2.22. The summed E-state index contributed by atoms with van der Waals surface area (Å²) in [7, 11) is 0. The Bertz CT molecular complexity index is 382. The Kier molecular flexibility index (Phi) is 4.55. The number of nitrogens with zero attached hydrogens (tertiary/aromatic N) is 2. The molecule has 1 aromatic rings. The fourth-order valence-electron chi connectivity index (χ4n) is 1.66. The first kappa shape index (κ1) is 12.8. The molecule has 0 saturated heterocycles. The topological polar surface area (TPSA) is 46.4 Å². The zero-order chi connectivity index (χ0) is 12.1. The van der Waals surface area contributed by atoms with E-state index in [-0.39, 0.29) is 10.7 Å². The van der Waals surface area contributed by atoms with Crippen molar-refractivity contribution < 1.29 is 4.92 Å². The van der Waals surface area contributed by atoms with Crippen LogP contribution in [0.2, 0.25) is 5.02 Å². The van der Waals surface area contributed by atoms with Gasteiger partial charge in [-0.1, -0.05) is 24.6 Å². The third-order valence-electron chi connectivity index (χ3n) is 2.36. The Morgan fingerprint density at radius 2 is 2.12 bits per heavy atom. The van der Waals surface area contributed by atoms with Crippen molar-refractivity contribution in [1.82, 2.24) is 0 Å². The number of hydrogen-bond acceptors (Lipinski definition) is 3. The lowest BCUT2D eigenvalue weighted by molar-refractivity contribution is -0.384. The summed E-state index contributed by atoms with van der Waals surface area (Å²) in [4.78, 5) is 12.5. The summed E-state index contributed by atoms with van der Waals surface area (Å²) >= 11 is 5.86. The summed E-state index contributed by atoms with van der Waals surface area (Å²) in [6.07, 6.45) is 0.942. The van der Waals surface area contributed by atoms with Crippen LogP contribution in [-0.2, 0) is 0 Å². The number of nitro groups is 1. The number of benzene rings is 1. The zero-order valence-electron chi connectivity index (χ0n) is 9.44. The quantitative estimate of drug-likeness (QED) is 0.587. The van der Waals surface area contributed by atoms with Crippen LogP contribution in [0.25, 0.3) is 0 Å². The summed E-state index contributed by atoms with van der Waals surface area (Å²) in [5.74, 6) is 0. The van der Waals surface area contributed by atoms with Crippen LogP contribution in [0, 0.1) is 10.1 Å². The van der Waals surface area contributed by atoms with E-state index in [1.54, 1.807) is 18.2 Å². The molecule has 88 valence electrons. The van der Waals surface area contributed by atoms with Crippen LogP contribution in [0.4, 0.5) is 11.4 Å². The van der Waals surface area contributed by atoms with Gasteiger partial charge in [0.05, 0.1) is 4.92 Å². The highest BCUT2D eigenvalue weighted by molar-refractivity contribution is 6.33. The molecule has 16 heavy (non-hydrogen) atoms. The van der Waals surface area contributed by atoms with Gasteiger partial charge in [-0.3, -0.25) is 10.1 Å². The fraction of sp³-hybridized carbons (Fsp3) is 0.455. The highest BCUT2D eigenvalue weighted by Gasteiger charge is 2.21. The van der Waals surface area contributed by atoms with Crippen molar-refractivity contribution in [2.24, 2.45) is 0 Å². The van der Waals surface area contributed by atoms with Gasteiger partial charge in [0.25, 0.3) is 0 Å². The molecule has 0 aromatic heterocycles. The fourth-order valence-corrected chi connectivity index (χ4v) is 1.90. The maximum Gasteiger partial charge on any atom is 0.310 e. The third-order valence-corrected chi connectivity index (χ3v) is 2.67. The lowest BCUT2D eigenvalue weighted by Crippen LogP contribution is -2.24. The molecule has 0 saturated carbocycles. The molecule has 0 bridgehead atoms. The standard InChI is InChI=1S/C11H15ClN2O2/c1-3-8-13(4-2)10-7-5-6-9(12)11(10)14(15)16/h5-7H,3-4,8H2,1-2H3. The maximum atomic E-state index is 11.0. The molecule has 0 fully saturated rings. The smallest absolute Gasteiger partial charge is 0.310 e. The van der Waals surface area contributed by atoms with E-state index in [2.05, 4.69) is 0 Å². The molecule has 0 N–H and O–H groups in total. The van der Waals surface area contributed by atoms with Crippen molar-refractivity contribution in [3.8, 4) is 0 Å². The first-order valence-corrected chi connectivity index (χ1v) is 5.67. The maximum absolute atomic E-state index is 11.0. The lowest BCUT2D eigenvalue weighted by atomic mass is 10.2. The number of hydrogen-bond donors (Lipinski definition) is 0. The van der Waals surface area contributed by atoms with Crippen molar-refractivity contribution in [2.45, 2.75) is 20.3 Å². The van der Waals surface area contributed by atoms with E-state index in [4.69, 9.17) is 11.6 Å². The first-order chi connectivity index (χ1) is 7.61. The van der Waals surface area contributed by atoms with Gasteiger partial charge in [-0.2, -0.15) is 0 Å². The summed E-state index contributed by atoms with van der Waals surface area (Å²) in [6.45, 7) is 5.53. The van der Waals surface area contributed by atoms with Gasteiger partial charge < -0.3 is 4.90 Å². The first-order valence-electron chi connectivity index (χ1n) is 5.29. The van der Waals surface area contributed by atoms with Crippen LogP contribution in [0.5, 0.6) is 0 Å². The molecule has 1 rings (SSSR count). The minimum Gasteiger partial charge on any atom is -0.366 e. The molecule has 4 nitrogen and oxygen atoms in total. The van der Waals surface area contributed by atoms with Crippen LogP contribution in [0.3, 0.4) is 0 Å². The van der Waals surface area contributed by atoms with Crippen molar-refractivity contribution in [1.29, 1.82) is 0 Å². The van der Waals surface area contributed by atoms with Crippen molar-refractivity contribution in [2.75, 3.05) is 18.0 Å². The van der Waals surface area contributed by atoms with Crippen LogP contribution in [0.1, 0.15) is 20.3 Å². The van der Waals surface area contributed by atoms with Crippen molar-refractivity contribution in [3.05, 3.63) is 33.3 Å². The van der Waals surface area contributed by atoms with Gasteiger partial charge in [0, 0.05) is 13.1 Å². The summed E-state index contributed by atoms with van der Waals surface area (Å²) in [5, 5.41) is 11.2. The van der Waals surface area contributed by atoms with E-state index in [0.29, 0.717) is 5.69 Å². The Morgan fingerprint density at radius 3 is 2.62 bits per heavy atom.